The summed E-state index contributed by atoms with van der Waals surface area (Å²) in [6.07, 6.45) is 1.40. The van der Waals surface area contributed by atoms with Gasteiger partial charge in [-0.25, -0.2) is 4.39 Å². The molecule has 0 unspecified atom stereocenters. The molecule has 0 radical (unpaired) electrons. The lowest BCUT2D eigenvalue weighted by Crippen LogP contribution is -1.98. The molecule has 0 spiro atoms. The summed E-state index contributed by atoms with van der Waals surface area (Å²) in [4.78, 5) is 0. The fraction of sp³-hybridized carbons (Fsp3) is 0.100. The molecule has 0 aliphatic heterocycles. The number of aromatic nitrogens is 1. The molecule has 2 aromatic rings. The quantitative estimate of drug-likeness (QED) is 0.791. The summed E-state index contributed by atoms with van der Waals surface area (Å²) in [6.45, 7) is 0.236. The summed E-state index contributed by atoms with van der Waals surface area (Å²) < 4.78 is 18.1. The van der Waals surface area contributed by atoms with Crippen molar-refractivity contribution in [3.05, 3.63) is 42.0 Å². The van der Waals surface area contributed by atoms with E-state index >= 15 is 0 Å². The van der Waals surface area contributed by atoms with Crippen molar-refractivity contribution in [3.8, 4) is 11.1 Å². The summed E-state index contributed by atoms with van der Waals surface area (Å²) in [5.74, 6) is -0.301. The number of hydrogen-bond acceptors (Lipinski definition) is 3. The van der Waals surface area contributed by atoms with Gasteiger partial charge in [0, 0.05) is 17.7 Å². The smallest absolute Gasteiger partial charge is 0.132 e. The summed E-state index contributed by atoms with van der Waals surface area (Å²) in [5.41, 5.74) is 7.09. The first-order chi connectivity index (χ1) is 6.83. The molecule has 0 saturated heterocycles. The van der Waals surface area contributed by atoms with Crippen LogP contribution in [-0.2, 0) is 6.54 Å². The predicted molar refractivity (Wildman–Crippen MR) is 49.8 cm³/mol. The van der Waals surface area contributed by atoms with Gasteiger partial charge >= 0.3 is 0 Å². The van der Waals surface area contributed by atoms with Gasteiger partial charge in [0.1, 0.15) is 17.8 Å². The molecule has 1 aromatic carbocycles. The summed E-state index contributed by atoms with van der Waals surface area (Å²) in [6, 6.07) is 6.45. The minimum Gasteiger partial charge on any atom is -0.364 e. The largest absolute Gasteiger partial charge is 0.364 e. The number of halogens is 1. The topological polar surface area (TPSA) is 52.0 Å². The maximum atomic E-state index is 13.4. The van der Waals surface area contributed by atoms with Crippen LogP contribution in [0.15, 0.2) is 35.1 Å². The van der Waals surface area contributed by atoms with Gasteiger partial charge in [0.15, 0.2) is 0 Å². The van der Waals surface area contributed by atoms with Crippen LogP contribution in [0.2, 0.25) is 0 Å². The Hall–Kier alpha value is -1.68. The third-order valence-corrected chi connectivity index (χ3v) is 2.00. The number of rotatable bonds is 2. The first-order valence-corrected chi connectivity index (χ1v) is 4.21. The second kappa shape index (κ2) is 3.59. The van der Waals surface area contributed by atoms with Gasteiger partial charge in [0.05, 0.1) is 0 Å². The van der Waals surface area contributed by atoms with E-state index in [1.807, 2.05) is 0 Å². The molecule has 72 valence electrons. The number of nitrogens with zero attached hydrogens (tertiary/aromatic N) is 1. The average Bonchev–Trinajstić information content (AvgIpc) is 2.66. The molecule has 0 aliphatic carbocycles. The Balaban J connectivity index is 2.54. The standard InChI is InChI=1S/C10H9FN2O/c11-9-4-2-1-3-7(9)8-6-14-13-10(8)5-12/h1-4,6H,5,12H2. The molecule has 1 aromatic heterocycles. The van der Waals surface area contributed by atoms with E-state index in [4.69, 9.17) is 10.3 Å². The van der Waals surface area contributed by atoms with Gasteiger partial charge in [-0.2, -0.15) is 0 Å². The molecular formula is C10H9FN2O. The molecule has 1 heterocycles. The van der Waals surface area contributed by atoms with Gasteiger partial charge in [-0.15, -0.1) is 0 Å². The van der Waals surface area contributed by atoms with Crippen molar-refractivity contribution in [3.63, 3.8) is 0 Å². The zero-order valence-corrected chi connectivity index (χ0v) is 7.40. The van der Waals surface area contributed by atoms with Gasteiger partial charge < -0.3 is 10.3 Å². The maximum absolute atomic E-state index is 13.4. The number of nitrogens with two attached hydrogens (primary N) is 1. The van der Waals surface area contributed by atoms with Crippen LogP contribution in [0.3, 0.4) is 0 Å². The van der Waals surface area contributed by atoms with Crippen LogP contribution >= 0.6 is 0 Å². The molecular weight excluding hydrogens is 183 g/mol. The van der Waals surface area contributed by atoms with Crippen LogP contribution in [0.4, 0.5) is 4.39 Å². The van der Waals surface area contributed by atoms with E-state index in [1.54, 1.807) is 18.2 Å². The zero-order chi connectivity index (χ0) is 9.97. The van der Waals surface area contributed by atoms with Crippen molar-refractivity contribution in [2.24, 2.45) is 5.73 Å². The minimum atomic E-state index is -0.301. The lowest BCUT2D eigenvalue weighted by Gasteiger charge is -1.99. The summed E-state index contributed by atoms with van der Waals surface area (Å²) >= 11 is 0. The van der Waals surface area contributed by atoms with Crippen LogP contribution in [0.1, 0.15) is 5.69 Å². The summed E-state index contributed by atoms with van der Waals surface area (Å²) in [7, 11) is 0. The third kappa shape index (κ3) is 1.40. The van der Waals surface area contributed by atoms with Crippen molar-refractivity contribution >= 4 is 0 Å². The van der Waals surface area contributed by atoms with Gasteiger partial charge in [0.2, 0.25) is 0 Å². The highest BCUT2D eigenvalue weighted by molar-refractivity contribution is 5.65. The molecule has 0 amide bonds. The molecule has 2 rings (SSSR count). The van der Waals surface area contributed by atoms with Crippen molar-refractivity contribution in [1.82, 2.24) is 5.16 Å². The van der Waals surface area contributed by atoms with Crippen LogP contribution < -0.4 is 5.73 Å². The van der Waals surface area contributed by atoms with E-state index < -0.39 is 0 Å². The van der Waals surface area contributed by atoms with Gasteiger partial charge in [0.25, 0.3) is 0 Å². The fourth-order valence-corrected chi connectivity index (χ4v) is 1.31. The van der Waals surface area contributed by atoms with Crippen LogP contribution in [0.25, 0.3) is 11.1 Å². The molecule has 4 heteroatoms. The molecule has 0 saturated carbocycles. The van der Waals surface area contributed by atoms with E-state index in [0.29, 0.717) is 16.8 Å². The third-order valence-electron chi connectivity index (χ3n) is 2.00. The normalized spacial score (nSPS) is 10.4. The van der Waals surface area contributed by atoms with Gasteiger partial charge in [-0.1, -0.05) is 23.4 Å². The SMILES string of the molecule is NCc1nocc1-c1ccccc1F. The van der Waals surface area contributed by atoms with E-state index in [9.17, 15) is 4.39 Å². The molecule has 3 nitrogen and oxygen atoms in total. The van der Waals surface area contributed by atoms with E-state index in [1.165, 1.54) is 12.3 Å². The van der Waals surface area contributed by atoms with E-state index in [2.05, 4.69) is 5.16 Å². The highest BCUT2D eigenvalue weighted by Crippen LogP contribution is 2.25. The van der Waals surface area contributed by atoms with Gasteiger partial charge in [-0.05, 0) is 6.07 Å². The highest BCUT2D eigenvalue weighted by Gasteiger charge is 2.11. The minimum absolute atomic E-state index is 0.236. The Labute approximate surface area is 80.3 Å². The molecule has 0 fully saturated rings. The van der Waals surface area contributed by atoms with Crippen molar-refractivity contribution in [2.75, 3.05) is 0 Å². The Morgan fingerprint density at radius 3 is 2.79 bits per heavy atom. The highest BCUT2D eigenvalue weighted by atomic mass is 19.1. The van der Waals surface area contributed by atoms with Gasteiger partial charge in [-0.3, -0.25) is 0 Å². The number of hydrogen-bond donors (Lipinski definition) is 1. The maximum Gasteiger partial charge on any atom is 0.132 e. The van der Waals surface area contributed by atoms with E-state index in [-0.39, 0.29) is 12.4 Å². The first-order valence-electron chi connectivity index (χ1n) is 4.21. The summed E-state index contributed by atoms with van der Waals surface area (Å²) in [5, 5.41) is 3.69. The molecule has 0 atom stereocenters. The Kier molecular flexibility index (Phi) is 2.28. The van der Waals surface area contributed by atoms with Crippen molar-refractivity contribution in [2.45, 2.75) is 6.54 Å². The molecule has 2 N–H and O–H groups in total. The lowest BCUT2D eigenvalue weighted by atomic mass is 10.1. The van der Waals surface area contributed by atoms with Crippen LogP contribution in [0, 0.1) is 5.82 Å². The van der Waals surface area contributed by atoms with Crippen LogP contribution in [0.5, 0.6) is 0 Å². The number of benzene rings is 1. The van der Waals surface area contributed by atoms with Crippen LogP contribution in [-0.4, -0.2) is 5.16 Å². The average molecular weight is 192 g/mol. The molecule has 14 heavy (non-hydrogen) atoms. The molecule has 0 aliphatic rings. The van der Waals surface area contributed by atoms with Crippen molar-refractivity contribution in [1.29, 1.82) is 0 Å². The monoisotopic (exact) mass is 192 g/mol. The Morgan fingerprint density at radius 1 is 1.29 bits per heavy atom. The second-order valence-electron chi connectivity index (χ2n) is 2.86. The Bertz CT molecular complexity index is 439. The fourth-order valence-electron chi connectivity index (χ4n) is 1.31. The zero-order valence-electron chi connectivity index (χ0n) is 7.40. The first kappa shape index (κ1) is 8.90. The predicted octanol–water partition coefficient (Wildman–Crippen LogP) is 1.94. The van der Waals surface area contributed by atoms with E-state index in [0.717, 1.165) is 0 Å². The lowest BCUT2D eigenvalue weighted by molar-refractivity contribution is 0.412. The second-order valence-corrected chi connectivity index (χ2v) is 2.86. The molecule has 0 bridgehead atoms. The van der Waals surface area contributed by atoms with Crippen molar-refractivity contribution < 1.29 is 8.91 Å². The Morgan fingerprint density at radius 2 is 2.07 bits per heavy atom.